The van der Waals surface area contributed by atoms with Gasteiger partial charge in [-0.05, 0) is 30.7 Å². The Morgan fingerprint density at radius 1 is 1.14 bits per heavy atom. The van der Waals surface area contributed by atoms with Crippen LogP contribution in [0.2, 0.25) is 0 Å². The summed E-state index contributed by atoms with van der Waals surface area (Å²) in [6, 6.07) is 14.3. The van der Waals surface area contributed by atoms with Crippen LogP contribution in [0.15, 0.2) is 60.1 Å². The molecule has 2 aromatic carbocycles. The molecule has 0 bridgehead atoms. The molecule has 0 aliphatic heterocycles. The molecule has 0 radical (unpaired) electrons. The first-order valence-corrected chi connectivity index (χ1v) is 6.89. The molecule has 0 saturated heterocycles. The second kappa shape index (κ2) is 5.37. The van der Waals surface area contributed by atoms with Gasteiger partial charge in [-0.2, -0.15) is 0 Å². The molecule has 3 aromatic rings. The number of benzene rings is 2. The van der Waals surface area contributed by atoms with Crippen LogP contribution in [0.1, 0.15) is 5.56 Å². The summed E-state index contributed by atoms with van der Waals surface area (Å²) in [6.07, 6.45) is 3.40. The molecule has 3 nitrogen and oxygen atoms in total. The standard InChI is InChI=1S/C18H17N3/c1-4-12-19-17-13(2)8-7-9-14(17)18-20-15-10-5-6-11-16(15)21(18)3/h4-12H,1H2,2-3H3. The zero-order valence-corrected chi connectivity index (χ0v) is 12.2. The number of hydrogen-bond donors (Lipinski definition) is 0. The molecular formula is C18H17N3. The lowest BCUT2D eigenvalue weighted by Crippen LogP contribution is -1.93. The molecule has 1 heterocycles. The highest BCUT2D eigenvalue weighted by Crippen LogP contribution is 2.33. The van der Waals surface area contributed by atoms with Crippen molar-refractivity contribution in [2.24, 2.45) is 12.0 Å². The predicted octanol–water partition coefficient (Wildman–Crippen LogP) is 4.44. The maximum atomic E-state index is 4.76. The fourth-order valence-corrected chi connectivity index (χ4v) is 2.52. The highest BCUT2D eigenvalue weighted by molar-refractivity contribution is 5.86. The van der Waals surface area contributed by atoms with E-state index in [9.17, 15) is 0 Å². The van der Waals surface area contributed by atoms with Crippen molar-refractivity contribution in [1.29, 1.82) is 0 Å². The van der Waals surface area contributed by atoms with Crippen LogP contribution in [-0.2, 0) is 7.05 Å². The van der Waals surface area contributed by atoms with Crippen molar-refractivity contribution in [2.45, 2.75) is 6.92 Å². The number of aliphatic imine (C=N–C) groups is 1. The molecule has 0 aliphatic rings. The first kappa shape index (κ1) is 13.3. The van der Waals surface area contributed by atoms with Crippen LogP contribution in [0.25, 0.3) is 22.4 Å². The van der Waals surface area contributed by atoms with Crippen molar-refractivity contribution in [3.05, 3.63) is 60.7 Å². The van der Waals surface area contributed by atoms with E-state index in [-0.39, 0.29) is 0 Å². The van der Waals surface area contributed by atoms with Crippen LogP contribution < -0.4 is 0 Å². The lowest BCUT2D eigenvalue weighted by molar-refractivity contribution is 0.959. The molecule has 0 amide bonds. The zero-order valence-electron chi connectivity index (χ0n) is 12.2. The number of nitrogens with zero attached hydrogens (tertiary/aromatic N) is 3. The second-order valence-corrected chi connectivity index (χ2v) is 4.97. The molecule has 21 heavy (non-hydrogen) atoms. The summed E-state index contributed by atoms with van der Waals surface area (Å²) in [5, 5.41) is 0. The molecule has 104 valence electrons. The van der Waals surface area contributed by atoms with Gasteiger partial charge in [0.05, 0.1) is 16.7 Å². The molecule has 0 N–H and O–H groups in total. The number of fused-ring (bicyclic) bond motifs is 1. The first-order valence-electron chi connectivity index (χ1n) is 6.89. The Balaban J connectivity index is 2.28. The lowest BCUT2D eigenvalue weighted by atomic mass is 10.1. The summed E-state index contributed by atoms with van der Waals surface area (Å²) in [7, 11) is 2.04. The van der Waals surface area contributed by atoms with Crippen LogP contribution in [0.3, 0.4) is 0 Å². The van der Waals surface area contributed by atoms with Gasteiger partial charge in [0, 0.05) is 18.8 Å². The Bertz CT molecular complexity index is 841. The Kier molecular flexibility index (Phi) is 3.40. The smallest absolute Gasteiger partial charge is 0.143 e. The van der Waals surface area contributed by atoms with E-state index in [0.717, 1.165) is 33.7 Å². The van der Waals surface area contributed by atoms with Gasteiger partial charge in [0.1, 0.15) is 5.82 Å². The molecule has 1 aromatic heterocycles. The number of imidazole rings is 1. The molecule has 0 aliphatic carbocycles. The van der Waals surface area contributed by atoms with Crippen LogP contribution in [-0.4, -0.2) is 15.8 Å². The van der Waals surface area contributed by atoms with E-state index in [2.05, 4.69) is 41.3 Å². The van der Waals surface area contributed by atoms with E-state index in [0.29, 0.717) is 0 Å². The number of aryl methyl sites for hydroxylation is 2. The van der Waals surface area contributed by atoms with Gasteiger partial charge in [0.25, 0.3) is 0 Å². The zero-order chi connectivity index (χ0) is 14.8. The Morgan fingerprint density at radius 2 is 1.95 bits per heavy atom. The van der Waals surface area contributed by atoms with Crippen LogP contribution in [0.4, 0.5) is 5.69 Å². The van der Waals surface area contributed by atoms with Crippen molar-refractivity contribution in [3.8, 4) is 11.4 Å². The third kappa shape index (κ3) is 2.27. The van der Waals surface area contributed by atoms with Gasteiger partial charge >= 0.3 is 0 Å². The fraction of sp³-hybridized carbons (Fsp3) is 0.111. The number of allylic oxidation sites excluding steroid dienone is 1. The van der Waals surface area contributed by atoms with Gasteiger partial charge in [0.2, 0.25) is 0 Å². The van der Waals surface area contributed by atoms with Crippen molar-refractivity contribution in [1.82, 2.24) is 9.55 Å². The van der Waals surface area contributed by atoms with E-state index in [1.807, 2.05) is 31.3 Å². The molecule has 0 fully saturated rings. The first-order chi connectivity index (χ1) is 10.2. The van der Waals surface area contributed by atoms with Crippen LogP contribution >= 0.6 is 0 Å². The molecule has 3 heteroatoms. The number of para-hydroxylation sites is 3. The van der Waals surface area contributed by atoms with Gasteiger partial charge in [-0.15, -0.1) is 0 Å². The summed E-state index contributed by atoms with van der Waals surface area (Å²) < 4.78 is 2.11. The third-order valence-corrected chi connectivity index (χ3v) is 3.57. The van der Waals surface area contributed by atoms with Gasteiger partial charge in [-0.3, -0.25) is 4.99 Å². The third-order valence-electron chi connectivity index (χ3n) is 3.57. The van der Waals surface area contributed by atoms with Gasteiger partial charge in [0.15, 0.2) is 0 Å². The van der Waals surface area contributed by atoms with Crippen molar-refractivity contribution in [2.75, 3.05) is 0 Å². The topological polar surface area (TPSA) is 30.2 Å². The summed E-state index contributed by atoms with van der Waals surface area (Å²) in [5.41, 5.74) is 5.21. The fourth-order valence-electron chi connectivity index (χ4n) is 2.52. The second-order valence-electron chi connectivity index (χ2n) is 4.97. The summed E-state index contributed by atoms with van der Waals surface area (Å²) in [5.74, 6) is 0.927. The summed E-state index contributed by atoms with van der Waals surface area (Å²) >= 11 is 0. The van der Waals surface area contributed by atoms with Gasteiger partial charge < -0.3 is 4.57 Å². The monoisotopic (exact) mass is 275 g/mol. The Labute approximate surface area is 124 Å². The molecule has 3 rings (SSSR count). The van der Waals surface area contributed by atoms with Crippen LogP contribution in [0, 0.1) is 6.92 Å². The maximum Gasteiger partial charge on any atom is 0.143 e. The van der Waals surface area contributed by atoms with Crippen LogP contribution in [0.5, 0.6) is 0 Å². The summed E-state index contributed by atoms with van der Waals surface area (Å²) in [6.45, 7) is 5.75. The predicted molar refractivity (Wildman–Crippen MR) is 89.2 cm³/mol. The molecule has 0 atom stereocenters. The van der Waals surface area contributed by atoms with E-state index < -0.39 is 0 Å². The van der Waals surface area contributed by atoms with E-state index in [1.165, 1.54) is 0 Å². The maximum absolute atomic E-state index is 4.76. The van der Waals surface area contributed by atoms with Crippen molar-refractivity contribution < 1.29 is 0 Å². The van der Waals surface area contributed by atoms with E-state index in [4.69, 9.17) is 4.98 Å². The minimum absolute atomic E-state index is 0.927. The number of hydrogen-bond acceptors (Lipinski definition) is 2. The van der Waals surface area contributed by atoms with Gasteiger partial charge in [-0.1, -0.05) is 36.9 Å². The Morgan fingerprint density at radius 3 is 2.71 bits per heavy atom. The largest absolute Gasteiger partial charge is 0.327 e. The molecule has 0 unspecified atom stereocenters. The van der Waals surface area contributed by atoms with Crippen molar-refractivity contribution >= 4 is 22.9 Å². The summed E-state index contributed by atoms with van der Waals surface area (Å²) in [4.78, 5) is 9.27. The molecular weight excluding hydrogens is 258 g/mol. The minimum Gasteiger partial charge on any atom is -0.327 e. The highest BCUT2D eigenvalue weighted by Gasteiger charge is 2.13. The SMILES string of the molecule is C=CC=Nc1c(C)cccc1-c1nc2ccccc2n1C. The quantitative estimate of drug-likeness (QED) is 0.650. The highest BCUT2D eigenvalue weighted by atomic mass is 15.1. The minimum atomic E-state index is 0.927. The average molecular weight is 275 g/mol. The number of rotatable bonds is 3. The van der Waals surface area contributed by atoms with E-state index >= 15 is 0 Å². The Hall–Kier alpha value is -2.68. The number of aromatic nitrogens is 2. The molecule has 0 spiro atoms. The normalized spacial score (nSPS) is 11.3. The lowest BCUT2D eigenvalue weighted by Gasteiger charge is -2.08. The van der Waals surface area contributed by atoms with E-state index in [1.54, 1.807) is 12.3 Å². The van der Waals surface area contributed by atoms with Gasteiger partial charge in [-0.25, -0.2) is 4.98 Å². The molecule has 0 saturated carbocycles. The average Bonchev–Trinajstić information content (AvgIpc) is 2.83. The van der Waals surface area contributed by atoms with Crippen molar-refractivity contribution in [3.63, 3.8) is 0 Å².